The van der Waals surface area contributed by atoms with Crippen molar-refractivity contribution in [2.75, 3.05) is 6.54 Å². The molecule has 1 N–H and O–H groups in total. The SMILES string of the molecule is CC(NC(=O)CN1C(=O)C2C3C=CC(C3)C2C1=O)c1ccc(Cl)cc1. The van der Waals surface area contributed by atoms with Gasteiger partial charge in [-0.2, -0.15) is 0 Å². The lowest BCUT2D eigenvalue weighted by molar-refractivity contribution is -0.144. The van der Waals surface area contributed by atoms with Crippen LogP contribution in [0.3, 0.4) is 0 Å². The highest BCUT2D eigenvalue weighted by atomic mass is 35.5. The maximum Gasteiger partial charge on any atom is 0.240 e. The lowest BCUT2D eigenvalue weighted by atomic mass is 9.85. The third kappa shape index (κ3) is 2.67. The Morgan fingerprint density at radius 1 is 1.16 bits per heavy atom. The van der Waals surface area contributed by atoms with Crippen LogP contribution in [0, 0.1) is 23.7 Å². The highest BCUT2D eigenvalue weighted by molar-refractivity contribution is 6.30. The summed E-state index contributed by atoms with van der Waals surface area (Å²) >= 11 is 5.87. The molecule has 0 radical (unpaired) electrons. The van der Waals surface area contributed by atoms with Gasteiger partial charge < -0.3 is 5.32 Å². The molecule has 6 heteroatoms. The van der Waals surface area contributed by atoms with Gasteiger partial charge in [0.2, 0.25) is 17.7 Å². The number of amides is 3. The minimum absolute atomic E-state index is 0.160. The first-order valence-electron chi connectivity index (χ1n) is 8.54. The number of likely N-dealkylation sites (tertiary alicyclic amines) is 1. The highest BCUT2D eigenvalue weighted by Crippen LogP contribution is 2.52. The number of hydrogen-bond donors (Lipinski definition) is 1. The van der Waals surface area contributed by atoms with Crippen LogP contribution in [0.15, 0.2) is 36.4 Å². The van der Waals surface area contributed by atoms with Gasteiger partial charge in [-0.1, -0.05) is 35.9 Å². The summed E-state index contributed by atoms with van der Waals surface area (Å²) in [6.07, 6.45) is 4.98. The lowest BCUT2D eigenvalue weighted by Gasteiger charge is -2.19. The summed E-state index contributed by atoms with van der Waals surface area (Å²) in [7, 11) is 0. The van der Waals surface area contributed by atoms with Crippen LogP contribution in [-0.4, -0.2) is 29.2 Å². The first-order valence-corrected chi connectivity index (χ1v) is 8.92. The summed E-state index contributed by atoms with van der Waals surface area (Å²) in [4.78, 5) is 38.7. The molecule has 1 heterocycles. The van der Waals surface area contributed by atoms with Crippen molar-refractivity contribution in [2.24, 2.45) is 23.7 Å². The molecule has 2 aliphatic carbocycles. The molecule has 3 amide bonds. The van der Waals surface area contributed by atoms with E-state index in [0.717, 1.165) is 16.9 Å². The molecule has 0 spiro atoms. The average molecular weight is 359 g/mol. The van der Waals surface area contributed by atoms with Crippen molar-refractivity contribution in [3.05, 3.63) is 47.0 Å². The molecule has 2 bridgehead atoms. The molecule has 1 saturated heterocycles. The van der Waals surface area contributed by atoms with Gasteiger partial charge in [0.15, 0.2) is 0 Å². The Labute approximate surface area is 151 Å². The third-order valence-corrected chi connectivity index (χ3v) is 5.86. The van der Waals surface area contributed by atoms with Gasteiger partial charge in [-0.15, -0.1) is 0 Å². The summed E-state index contributed by atoms with van der Waals surface area (Å²) in [5.74, 6) is -0.917. The predicted octanol–water partition coefficient (Wildman–Crippen LogP) is 2.32. The number of benzene rings is 1. The van der Waals surface area contributed by atoms with Crippen LogP contribution in [0.5, 0.6) is 0 Å². The molecular weight excluding hydrogens is 340 g/mol. The normalized spacial score (nSPS) is 30.7. The van der Waals surface area contributed by atoms with Gasteiger partial charge in [-0.25, -0.2) is 0 Å². The first-order chi connectivity index (χ1) is 12.0. The Balaban J connectivity index is 1.41. The number of fused-ring (bicyclic) bond motifs is 5. The van der Waals surface area contributed by atoms with Gasteiger partial charge in [0.1, 0.15) is 6.54 Å². The fraction of sp³-hybridized carbons (Fsp3) is 0.421. The van der Waals surface area contributed by atoms with Gasteiger partial charge in [-0.3, -0.25) is 19.3 Å². The number of carbonyl (C=O) groups is 3. The van der Waals surface area contributed by atoms with Gasteiger partial charge in [0.25, 0.3) is 0 Å². The molecule has 25 heavy (non-hydrogen) atoms. The van der Waals surface area contributed by atoms with E-state index in [9.17, 15) is 14.4 Å². The van der Waals surface area contributed by atoms with E-state index in [1.54, 1.807) is 12.1 Å². The minimum Gasteiger partial charge on any atom is -0.348 e. The molecule has 130 valence electrons. The largest absolute Gasteiger partial charge is 0.348 e. The van der Waals surface area contributed by atoms with Gasteiger partial charge >= 0.3 is 0 Å². The molecule has 1 saturated carbocycles. The zero-order valence-corrected chi connectivity index (χ0v) is 14.6. The molecule has 0 aromatic heterocycles. The van der Waals surface area contributed by atoms with E-state index in [4.69, 9.17) is 11.6 Å². The van der Waals surface area contributed by atoms with Crippen molar-refractivity contribution < 1.29 is 14.4 Å². The van der Waals surface area contributed by atoms with Crippen molar-refractivity contribution >= 4 is 29.3 Å². The van der Waals surface area contributed by atoms with Crippen molar-refractivity contribution in [3.8, 4) is 0 Å². The van der Waals surface area contributed by atoms with Crippen molar-refractivity contribution in [1.82, 2.24) is 10.2 Å². The number of hydrogen-bond acceptors (Lipinski definition) is 3. The van der Waals surface area contributed by atoms with E-state index >= 15 is 0 Å². The van der Waals surface area contributed by atoms with Crippen LogP contribution in [0.4, 0.5) is 0 Å². The monoisotopic (exact) mass is 358 g/mol. The second-order valence-electron chi connectivity index (χ2n) is 7.10. The number of carbonyl (C=O) groups excluding carboxylic acids is 3. The molecule has 1 aromatic carbocycles. The highest BCUT2D eigenvalue weighted by Gasteiger charge is 2.59. The topological polar surface area (TPSA) is 66.5 Å². The molecule has 5 atom stereocenters. The van der Waals surface area contributed by atoms with Crippen molar-refractivity contribution in [3.63, 3.8) is 0 Å². The Morgan fingerprint density at radius 2 is 1.72 bits per heavy atom. The van der Waals surface area contributed by atoms with E-state index in [-0.39, 0.29) is 54.0 Å². The van der Waals surface area contributed by atoms with Crippen molar-refractivity contribution in [2.45, 2.75) is 19.4 Å². The Morgan fingerprint density at radius 3 is 2.28 bits per heavy atom. The van der Waals surface area contributed by atoms with Gasteiger partial charge in [0, 0.05) is 5.02 Å². The molecule has 2 fully saturated rings. The molecule has 1 aromatic rings. The number of allylic oxidation sites excluding steroid dienone is 2. The molecule has 4 rings (SSSR count). The fourth-order valence-corrected chi connectivity index (χ4v) is 4.51. The van der Waals surface area contributed by atoms with E-state index in [1.165, 1.54) is 0 Å². The molecular formula is C19H19ClN2O3. The molecule has 3 aliphatic rings. The second-order valence-corrected chi connectivity index (χ2v) is 7.54. The summed E-state index contributed by atoms with van der Waals surface area (Å²) in [5.41, 5.74) is 0.913. The number of rotatable bonds is 4. The number of nitrogens with zero attached hydrogens (tertiary/aromatic N) is 1. The summed E-state index contributed by atoms with van der Waals surface area (Å²) < 4.78 is 0. The van der Waals surface area contributed by atoms with E-state index < -0.39 is 0 Å². The predicted molar refractivity (Wildman–Crippen MR) is 92.4 cm³/mol. The van der Waals surface area contributed by atoms with Crippen LogP contribution in [-0.2, 0) is 14.4 Å². The standard InChI is InChI=1S/C19H19ClN2O3/c1-10(11-4-6-14(20)7-5-11)21-15(23)9-22-18(24)16-12-2-3-13(8-12)17(16)19(22)25/h2-7,10,12-13,16-17H,8-9H2,1H3,(H,21,23). The second kappa shape index (κ2) is 5.99. The molecule has 1 aliphatic heterocycles. The summed E-state index contributed by atoms with van der Waals surface area (Å²) in [6.45, 7) is 1.65. The maximum absolute atomic E-state index is 12.6. The smallest absolute Gasteiger partial charge is 0.240 e. The van der Waals surface area contributed by atoms with E-state index in [0.29, 0.717) is 5.02 Å². The third-order valence-electron chi connectivity index (χ3n) is 5.61. The van der Waals surface area contributed by atoms with Crippen LogP contribution >= 0.6 is 11.6 Å². The minimum atomic E-state index is -0.329. The molecule has 5 unspecified atom stereocenters. The zero-order chi connectivity index (χ0) is 17.7. The average Bonchev–Trinajstić information content (AvgIpc) is 3.25. The zero-order valence-electron chi connectivity index (χ0n) is 13.8. The van der Waals surface area contributed by atoms with E-state index in [1.807, 2.05) is 31.2 Å². The fourth-order valence-electron chi connectivity index (χ4n) is 4.39. The van der Waals surface area contributed by atoms with Crippen LogP contribution in [0.2, 0.25) is 5.02 Å². The Hall–Kier alpha value is -2.14. The Bertz CT molecular complexity index is 743. The lowest BCUT2D eigenvalue weighted by Crippen LogP contribution is -2.42. The quantitative estimate of drug-likeness (QED) is 0.663. The summed E-state index contributed by atoms with van der Waals surface area (Å²) in [5, 5.41) is 3.47. The maximum atomic E-state index is 12.6. The number of halogens is 1. The number of nitrogens with one attached hydrogen (secondary N) is 1. The number of imide groups is 1. The van der Waals surface area contributed by atoms with Gasteiger partial charge in [0.05, 0.1) is 17.9 Å². The van der Waals surface area contributed by atoms with Crippen LogP contribution in [0.25, 0.3) is 0 Å². The molecule has 5 nitrogen and oxygen atoms in total. The van der Waals surface area contributed by atoms with Crippen LogP contribution < -0.4 is 5.32 Å². The van der Waals surface area contributed by atoms with Gasteiger partial charge in [-0.05, 0) is 42.9 Å². The van der Waals surface area contributed by atoms with E-state index in [2.05, 4.69) is 5.32 Å². The first kappa shape index (κ1) is 16.3. The van der Waals surface area contributed by atoms with Crippen molar-refractivity contribution in [1.29, 1.82) is 0 Å². The summed E-state index contributed by atoms with van der Waals surface area (Å²) in [6, 6.07) is 6.98. The Kier molecular flexibility index (Phi) is 3.91. The van der Waals surface area contributed by atoms with Crippen LogP contribution in [0.1, 0.15) is 24.9 Å².